The van der Waals surface area contributed by atoms with Crippen molar-refractivity contribution in [3.05, 3.63) is 48.4 Å². The van der Waals surface area contributed by atoms with E-state index in [9.17, 15) is 0 Å². The molecule has 0 atom stereocenters. The van der Waals surface area contributed by atoms with E-state index in [1.807, 2.05) is 50.4 Å². The molecule has 0 bridgehead atoms. The summed E-state index contributed by atoms with van der Waals surface area (Å²) in [5.41, 5.74) is 1.87. The third-order valence-corrected chi connectivity index (χ3v) is 3.24. The Bertz CT molecular complexity index is 742. The molecule has 2 heterocycles. The van der Waals surface area contributed by atoms with Gasteiger partial charge in [0.2, 0.25) is 0 Å². The zero-order valence-corrected chi connectivity index (χ0v) is 12.1. The number of aryl methyl sites for hydroxylation is 1. The minimum absolute atomic E-state index is 0.768. The number of hydrogen-bond acceptors (Lipinski definition) is 5. The molecule has 0 radical (unpaired) electrons. The van der Waals surface area contributed by atoms with Crippen molar-refractivity contribution >= 4 is 28.2 Å². The number of para-hydroxylation sites is 1. The molecule has 0 aliphatic carbocycles. The van der Waals surface area contributed by atoms with E-state index in [0.29, 0.717) is 0 Å². The fourth-order valence-corrected chi connectivity index (χ4v) is 2.19. The molecule has 5 nitrogen and oxygen atoms in total. The fraction of sp³-hybridized carbons (Fsp3) is 0.188. The third-order valence-electron chi connectivity index (χ3n) is 3.24. The van der Waals surface area contributed by atoms with Crippen LogP contribution in [0.3, 0.4) is 0 Å². The quantitative estimate of drug-likeness (QED) is 0.766. The van der Waals surface area contributed by atoms with Crippen molar-refractivity contribution in [2.24, 2.45) is 0 Å². The van der Waals surface area contributed by atoms with Gasteiger partial charge in [0.25, 0.3) is 0 Å². The molecule has 0 spiro atoms. The Morgan fingerprint density at radius 2 is 1.86 bits per heavy atom. The second-order valence-electron chi connectivity index (χ2n) is 4.66. The van der Waals surface area contributed by atoms with E-state index in [-0.39, 0.29) is 0 Å². The summed E-state index contributed by atoms with van der Waals surface area (Å²) in [4.78, 5) is 13.3. The highest BCUT2D eigenvalue weighted by Crippen LogP contribution is 2.24. The van der Waals surface area contributed by atoms with Crippen LogP contribution < -0.4 is 10.6 Å². The molecule has 2 N–H and O–H groups in total. The van der Waals surface area contributed by atoms with Gasteiger partial charge in [0.15, 0.2) is 0 Å². The normalized spacial score (nSPS) is 10.6. The van der Waals surface area contributed by atoms with Crippen molar-refractivity contribution in [3.8, 4) is 0 Å². The van der Waals surface area contributed by atoms with E-state index in [2.05, 4.69) is 25.6 Å². The Balaban J connectivity index is 2.02. The standard InChI is InChI=1S/C16H17N5/c1-3-13-20-14(17-2)10-15(21-13)19-12-8-4-6-11-7-5-9-18-16(11)12/h4-10H,3H2,1-2H3,(H2,17,19,20,21). The van der Waals surface area contributed by atoms with Crippen molar-refractivity contribution in [1.82, 2.24) is 15.0 Å². The largest absolute Gasteiger partial charge is 0.373 e. The summed E-state index contributed by atoms with van der Waals surface area (Å²) in [5.74, 6) is 2.37. The van der Waals surface area contributed by atoms with Crippen LogP contribution in [0.25, 0.3) is 10.9 Å². The average Bonchev–Trinajstić information content (AvgIpc) is 2.55. The van der Waals surface area contributed by atoms with Gasteiger partial charge in [-0.05, 0) is 12.1 Å². The van der Waals surface area contributed by atoms with Crippen LogP contribution in [0.15, 0.2) is 42.6 Å². The number of rotatable bonds is 4. The Labute approximate surface area is 123 Å². The van der Waals surface area contributed by atoms with Gasteiger partial charge >= 0.3 is 0 Å². The summed E-state index contributed by atoms with van der Waals surface area (Å²) in [6.07, 6.45) is 2.59. The molecular weight excluding hydrogens is 262 g/mol. The molecule has 0 unspecified atom stereocenters. The van der Waals surface area contributed by atoms with Crippen molar-refractivity contribution < 1.29 is 0 Å². The van der Waals surface area contributed by atoms with Crippen molar-refractivity contribution in [2.45, 2.75) is 13.3 Å². The first-order valence-electron chi connectivity index (χ1n) is 6.96. The van der Waals surface area contributed by atoms with Crippen LogP contribution in [-0.2, 0) is 6.42 Å². The molecule has 5 heteroatoms. The molecule has 0 amide bonds. The number of hydrogen-bond donors (Lipinski definition) is 2. The highest BCUT2D eigenvalue weighted by atomic mass is 15.1. The molecule has 21 heavy (non-hydrogen) atoms. The van der Waals surface area contributed by atoms with Gasteiger partial charge in [-0.25, -0.2) is 9.97 Å². The van der Waals surface area contributed by atoms with E-state index in [1.165, 1.54) is 0 Å². The van der Waals surface area contributed by atoms with Crippen molar-refractivity contribution in [3.63, 3.8) is 0 Å². The number of anilines is 3. The lowest BCUT2D eigenvalue weighted by Gasteiger charge is -2.10. The summed E-state index contributed by atoms with van der Waals surface area (Å²) in [7, 11) is 1.85. The molecular formula is C16H17N5. The smallest absolute Gasteiger partial charge is 0.136 e. The van der Waals surface area contributed by atoms with Gasteiger partial charge in [0, 0.05) is 31.1 Å². The summed E-state index contributed by atoms with van der Waals surface area (Å²) in [6.45, 7) is 2.04. The molecule has 1 aromatic carbocycles. The molecule has 3 aromatic rings. The van der Waals surface area contributed by atoms with Gasteiger partial charge in [-0.2, -0.15) is 0 Å². The first-order chi connectivity index (χ1) is 10.3. The van der Waals surface area contributed by atoms with E-state index in [4.69, 9.17) is 0 Å². The Hall–Kier alpha value is -2.69. The van der Waals surface area contributed by atoms with Gasteiger partial charge in [-0.1, -0.05) is 25.1 Å². The van der Waals surface area contributed by atoms with E-state index >= 15 is 0 Å². The highest BCUT2D eigenvalue weighted by Gasteiger charge is 2.06. The van der Waals surface area contributed by atoms with Gasteiger partial charge in [-0.3, -0.25) is 4.98 Å². The molecule has 106 valence electrons. The third kappa shape index (κ3) is 2.76. The van der Waals surface area contributed by atoms with E-state index in [1.54, 1.807) is 6.20 Å². The molecule has 0 aliphatic rings. The first kappa shape index (κ1) is 13.3. The number of fused-ring (bicyclic) bond motifs is 1. The van der Waals surface area contributed by atoms with Crippen LogP contribution in [0, 0.1) is 0 Å². The summed E-state index contributed by atoms with van der Waals surface area (Å²) in [5, 5.41) is 7.50. The van der Waals surface area contributed by atoms with Gasteiger partial charge < -0.3 is 10.6 Å². The monoisotopic (exact) mass is 279 g/mol. The molecule has 0 saturated heterocycles. The van der Waals surface area contributed by atoms with Gasteiger partial charge in [0.05, 0.1) is 11.2 Å². The first-order valence-corrected chi connectivity index (χ1v) is 6.96. The number of pyridine rings is 1. The van der Waals surface area contributed by atoms with Gasteiger partial charge in [0.1, 0.15) is 17.5 Å². The maximum atomic E-state index is 4.51. The topological polar surface area (TPSA) is 62.7 Å². The molecule has 2 aromatic heterocycles. The molecule has 0 fully saturated rings. The maximum absolute atomic E-state index is 4.51. The van der Waals surface area contributed by atoms with Crippen LogP contribution in [0.5, 0.6) is 0 Å². The van der Waals surface area contributed by atoms with Crippen molar-refractivity contribution in [2.75, 3.05) is 17.7 Å². The predicted octanol–water partition coefficient (Wildman–Crippen LogP) is 3.37. The summed E-state index contributed by atoms with van der Waals surface area (Å²) >= 11 is 0. The lowest BCUT2D eigenvalue weighted by atomic mass is 10.2. The zero-order valence-electron chi connectivity index (χ0n) is 12.1. The van der Waals surface area contributed by atoms with Crippen LogP contribution in [0.2, 0.25) is 0 Å². The number of benzene rings is 1. The minimum atomic E-state index is 0.768. The van der Waals surface area contributed by atoms with Crippen LogP contribution in [0.4, 0.5) is 17.3 Å². The molecule has 0 aliphatic heterocycles. The van der Waals surface area contributed by atoms with Gasteiger partial charge in [-0.15, -0.1) is 0 Å². The minimum Gasteiger partial charge on any atom is -0.373 e. The Kier molecular flexibility index (Phi) is 3.64. The molecule has 3 rings (SSSR count). The lowest BCUT2D eigenvalue weighted by molar-refractivity contribution is 0.945. The number of aromatic nitrogens is 3. The van der Waals surface area contributed by atoms with E-state index < -0.39 is 0 Å². The Morgan fingerprint density at radius 3 is 2.67 bits per heavy atom. The highest BCUT2D eigenvalue weighted by molar-refractivity contribution is 5.91. The van der Waals surface area contributed by atoms with E-state index in [0.717, 1.165) is 40.5 Å². The second-order valence-corrected chi connectivity index (χ2v) is 4.66. The predicted molar refractivity (Wildman–Crippen MR) is 86.0 cm³/mol. The zero-order chi connectivity index (χ0) is 14.7. The summed E-state index contributed by atoms with van der Waals surface area (Å²) < 4.78 is 0. The van der Waals surface area contributed by atoms with Crippen molar-refractivity contribution in [1.29, 1.82) is 0 Å². The Morgan fingerprint density at radius 1 is 1.05 bits per heavy atom. The fourth-order valence-electron chi connectivity index (χ4n) is 2.19. The SMILES string of the molecule is CCc1nc(NC)cc(Nc2cccc3cccnc23)n1. The number of nitrogens with zero attached hydrogens (tertiary/aromatic N) is 3. The molecule has 0 saturated carbocycles. The average molecular weight is 279 g/mol. The van der Waals surface area contributed by atoms with Crippen LogP contribution in [0.1, 0.15) is 12.7 Å². The van der Waals surface area contributed by atoms with Crippen LogP contribution in [-0.4, -0.2) is 22.0 Å². The second kappa shape index (κ2) is 5.75. The summed E-state index contributed by atoms with van der Waals surface area (Å²) in [6, 6.07) is 11.9. The lowest BCUT2D eigenvalue weighted by Crippen LogP contribution is -2.03. The number of nitrogens with one attached hydrogen (secondary N) is 2. The maximum Gasteiger partial charge on any atom is 0.136 e. The van der Waals surface area contributed by atoms with Crippen LogP contribution >= 0.6 is 0 Å².